The highest BCUT2D eigenvalue weighted by Crippen LogP contribution is 2.41. The van der Waals surface area contributed by atoms with E-state index < -0.39 is 34.9 Å². The van der Waals surface area contributed by atoms with Gasteiger partial charge in [0.05, 0.1) is 19.3 Å². The Labute approximate surface area is 260 Å². The van der Waals surface area contributed by atoms with E-state index in [-0.39, 0.29) is 52.7 Å². The minimum atomic E-state index is -1.29. The second kappa shape index (κ2) is 14.9. The van der Waals surface area contributed by atoms with Crippen LogP contribution >= 0.6 is 0 Å². The molecule has 3 nitrogen and oxygen atoms in total. The maximum atomic E-state index is 15.2. The molecule has 0 spiro atoms. The lowest BCUT2D eigenvalue weighted by molar-refractivity contribution is -0.00294. The summed E-state index contributed by atoms with van der Waals surface area (Å²) in [6.07, 6.45) is 6.54. The topological polar surface area (TPSA) is 27.7 Å². The van der Waals surface area contributed by atoms with Crippen LogP contribution in [0.25, 0.3) is 11.1 Å². The smallest absolute Gasteiger partial charge is 0.201 e. The molecule has 0 unspecified atom stereocenters. The zero-order valence-electron chi connectivity index (χ0n) is 25.8. The van der Waals surface area contributed by atoms with Gasteiger partial charge < -0.3 is 14.2 Å². The van der Waals surface area contributed by atoms with Crippen molar-refractivity contribution in [2.75, 3.05) is 19.8 Å². The van der Waals surface area contributed by atoms with E-state index in [4.69, 9.17) is 14.2 Å². The molecule has 2 aliphatic rings. The summed E-state index contributed by atoms with van der Waals surface area (Å²) in [5.41, 5.74) is -0.0680. The average molecular weight is 635 g/mol. The lowest BCUT2D eigenvalue weighted by Gasteiger charge is -2.33. The van der Waals surface area contributed by atoms with Crippen molar-refractivity contribution in [3.8, 4) is 22.6 Å². The fourth-order valence-electron chi connectivity index (χ4n) is 6.73. The zero-order chi connectivity index (χ0) is 32.1. The standard InChI is InChI=1S/C36H40F6O3/c1-3-19-44-30-17-15-26(32(38)36(30)42)22-7-5-21(6-8-22)20-45-24-11-9-23(10-12-24)25-13-14-27(33(39)31(25)37)28-16-18-29(43-4-2)35(41)34(28)40/h13-18,21-24H,3-12,19-20H2,1-2H3. The summed E-state index contributed by atoms with van der Waals surface area (Å²) in [6.45, 7) is 4.58. The van der Waals surface area contributed by atoms with Crippen molar-refractivity contribution in [2.45, 2.75) is 89.6 Å². The second-order valence-electron chi connectivity index (χ2n) is 12.2. The van der Waals surface area contributed by atoms with Gasteiger partial charge in [0.25, 0.3) is 0 Å². The van der Waals surface area contributed by atoms with Crippen LogP contribution in [0.5, 0.6) is 11.5 Å². The van der Waals surface area contributed by atoms with Crippen molar-refractivity contribution in [3.05, 3.63) is 82.4 Å². The highest BCUT2D eigenvalue weighted by atomic mass is 19.2. The molecule has 0 amide bonds. The molecule has 0 N–H and O–H groups in total. The molecule has 0 aliphatic heterocycles. The molecular weight excluding hydrogens is 594 g/mol. The summed E-state index contributed by atoms with van der Waals surface area (Å²) < 4.78 is 105. The number of hydrogen-bond acceptors (Lipinski definition) is 3. The summed E-state index contributed by atoms with van der Waals surface area (Å²) in [6, 6.07) is 8.33. The van der Waals surface area contributed by atoms with Crippen LogP contribution in [-0.2, 0) is 4.74 Å². The van der Waals surface area contributed by atoms with Crippen LogP contribution in [0, 0.1) is 40.8 Å². The summed E-state index contributed by atoms with van der Waals surface area (Å²) in [4.78, 5) is 0. The van der Waals surface area contributed by atoms with Crippen molar-refractivity contribution in [3.63, 3.8) is 0 Å². The van der Waals surface area contributed by atoms with Gasteiger partial charge in [0.2, 0.25) is 11.6 Å². The van der Waals surface area contributed by atoms with E-state index in [2.05, 4.69) is 0 Å². The van der Waals surface area contributed by atoms with Crippen molar-refractivity contribution in [2.24, 2.45) is 5.92 Å². The van der Waals surface area contributed by atoms with E-state index in [9.17, 15) is 17.6 Å². The summed E-state index contributed by atoms with van der Waals surface area (Å²) in [7, 11) is 0. The molecule has 3 aromatic rings. The Morgan fingerprint density at radius 3 is 1.67 bits per heavy atom. The van der Waals surface area contributed by atoms with Gasteiger partial charge in [-0.1, -0.05) is 25.1 Å². The van der Waals surface area contributed by atoms with Gasteiger partial charge in [-0.2, -0.15) is 8.78 Å². The SMILES string of the molecule is CCCOc1ccc(C2CCC(COC3CCC(c4ccc(-c5ccc(OCC)c(F)c5F)c(F)c4F)CC3)CC2)c(F)c1F. The number of ether oxygens (including phenoxy) is 3. The third-order valence-corrected chi connectivity index (χ3v) is 9.26. The fraction of sp³-hybridized carbons (Fsp3) is 0.500. The molecule has 2 saturated carbocycles. The van der Waals surface area contributed by atoms with E-state index >= 15 is 8.78 Å². The zero-order valence-corrected chi connectivity index (χ0v) is 25.8. The maximum absolute atomic E-state index is 15.2. The van der Waals surface area contributed by atoms with E-state index in [0.717, 1.165) is 25.7 Å². The number of halogens is 6. The van der Waals surface area contributed by atoms with Crippen LogP contribution in [0.4, 0.5) is 26.3 Å². The molecule has 45 heavy (non-hydrogen) atoms. The lowest BCUT2D eigenvalue weighted by Crippen LogP contribution is -2.26. The molecule has 0 radical (unpaired) electrons. The lowest BCUT2D eigenvalue weighted by atomic mass is 9.78. The highest BCUT2D eigenvalue weighted by Gasteiger charge is 2.30. The van der Waals surface area contributed by atoms with Gasteiger partial charge in [-0.25, -0.2) is 17.6 Å². The second-order valence-corrected chi connectivity index (χ2v) is 12.2. The Morgan fingerprint density at radius 2 is 1.04 bits per heavy atom. The molecule has 0 saturated heterocycles. The van der Waals surface area contributed by atoms with Crippen LogP contribution in [-0.4, -0.2) is 25.9 Å². The van der Waals surface area contributed by atoms with E-state index in [1.807, 2.05) is 6.92 Å². The van der Waals surface area contributed by atoms with Crippen molar-refractivity contribution < 1.29 is 40.6 Å². The number of benzene rings is 3. The predicted molar refractivity (Wildman–Crippen MR) is 161 cm³/mol. The van der Waals surface area contributed by atoms with E-state index in [1.165, 1.54) is 30.3 Å². The quantitative estimate of drug-likeness (QED) is 0.197. The van der Waals surface area contributed by atoms with Gasteiger partial charge >= 0.3 is 0 Å². The van der Waals surface area contributed by atoms with Crippen LogP contribution in [0.3, 0.4) is 0 Å². The average Bonchev–Trinajstić information content (AvgIpc) is 3.05. The molecule has 9 heteroatoms. The van der Waals surface area contributed by atoms with Gasteiger partial charge in [-0.05, 0) is 112 Å². The first kappa shape index (κ1) is 33.2. The molecule has 2 fully saturated rings. The molecule has 0 heterocycles. The fourth-order valence-corrected chi connectivity index (χ4v) is 6.73. The minimum absolute atomic E-state index is 0.00860. The molecule has 5 rings (SSSR count). The molecule has 3 aromatic carbocycles. The van der Waals surface area contributed by atoms with Gasteiger partial charge in [0.15, 0.2) is 34.8 Å². The third-order valence-electron chi connectivity index (χ3n) is 9.26. The first-order chi connectivity index (χ1) is 21.7. The molecular formula is C36H40F6O3. The third kappa shape index (κ3) is 7.29. The van der Waals surface area contributed by atoms with Crippen molar-refractivity contribution in [1.29, 1.82) is 0 Å². The largest absolute Gasteiger partial charge is 0.491 e. The van der Waals surface area contributed by atoms with Crippen LogP contribution in [0.1, 0.15) is 94.6 Å². The first-order valence-corrected chi connectivity index (χ1v) is 16.0. The maximum Gasteiger partial charge on any atom is 0.201 e. The Bertz CT molecular complexity index is 1460. The Kier molecular flexibility index (Phi) is 11.0. The molecule has 2 aliphatic carbocycles. The van der Waals surface area contributed by atoms with Gasteiger partial charge in [-0.3, -0.25) is 0 Å². The minimum Gasteiger partial charge on any atom is -0.491 e. The Hall–Kier alpha value is -3.20. The van der Waals surface area contributed by atoms with Crippen LogP contribution < -0.4 is 9.47 Å². The number of hydrogen-bond donors (Lipinski definition) is 0. The molecule has 0 atom stereocenters. The summed E-state index contributed by atoms with van der Waals surface area (Å²) in [5, 5.41) is 0. The highest BCUT2D eigenvalue weighted by molar-refractivity contribution is 5.66. The van der Waals surface area contributed by atoms with Gasteiger partial charge in [-0.15, -0.1) is 0 Å². The van der Waals surface area contributed by atoms with Crippen LogP contribution in [0.15, 0.2) is 36.4 Å². The molecule has 0 bridgehead atoms. The van der Waals surface area contributed by atoms with Crippen molar-refractivity contribution >= 4 is 0 Å². The Morgan fingerprint density at radius 1 is 0.556 bits per heavy atom. The van der Waals surface area contributed by atoms with E-state index in [1.54, 1.807) is 13.0 Å². The van der Waals surface area contributed by atoms with E-state index in [0.29, 0.717) is 56.8 Å². The van der Waals surface area contributed by atoms with Gasteiger partial charge in [0, 0.05) is 17.7 Å². The Balaban J connectivity index is 1.11. The normalized spacial score (nSPS) is 22.0. The summed E-state index contributed by atoms with van der Waals surface area (Å²) in [5.74, 6) is -6.76. The molecule has 244 valence electrons. The summed E-state index contributed by atoms with van der Waals surface area (Å²) >= 11 is 0. The van der Waals surface area contributed by atoms with Crippen molar-refractivity contribution in [1.82, 2.24) is 0 Å². The monoisotopic (exact) mass is 634 g/mol. The predicted octanol–water partition coefficient (Wildman–Crippen LogP) is 10.4. The number of rotatable bonds is 11. The van der Waals surface area contributed by atoms with Gasteiger partial charge in [0.1, 0.15) is 0 Å². The first-order valence-electron chi connectivity index (χ1n) is 16.0. The van der Waals surface area contributed by atoms with Crippen LogP contribution in [0.2, 0.25) is 0 Å². The molecule has 0 aromatic heterocycles.